The van der Waals surface area contributed by atoms with Gasteiger partial charge in [0, 0.05) is 0 Å². The topological polar surface area (TPSA) is 83.8 Å². The van der Waals surface area contributed by atoms with Crippen LogP contribution in [0.5, 0.6) is 0 Å². The van der Waals surface area contributed by atoms with Gasteiger partial charge in [-0.15, -0.1) is 0 Å². The number of ether oxygens (including phenoxy) is 1. The summed E-state index contributed by atoms with van der Waals surface area (Å²) in [5, 5.41) is 0. The molecule has 0 saturated heterocycles. The van der Waals surface area contributed by atoms with Crippen molar-refractivity contribution in [1.82, 2.24) is 0 Å². The summed E-state index contributed by atoms with van der Waals surface area (Å²) in [6.07, 6.45) is -0.492. The van der Waals surface area contributed by atoms with Crippen molar-refractivity contribution >= 4 is 13.6 Å². The largest absolute Gasteiger partial charge is 0.462 e. The zero-order valence-corrected chi connectivity index (χ0v) is 7.95. The molecule has 0 aliphatic carbocycles. The van der Waals surface area contributed by atoms with Crippen LogP contribution >= 0.6 is 7.60 Å². The van der Waals surface area contributed by atoms with Crippen LogP contribution in [-0.4, -0.2) is 28.0 Å². The Kier molecular flexibility index (Phi) is 4.45. The van der Waals surface area contributed by atoms with E-state index in [-0.39, 0.29) is 6.10 Å². The third-order valence-corrected chi connectivity index (χ3v) is 1.91. The van der Waals surface area contributed by atoms with Crippen LogP contribution < -0.4 is 0 Å². The summed E-state index contributed by atoms with van der Waals surface area (Å²) in [5.74, 6) is -0.849. The molecule has 12 heavy (non-hydrogen) atoms. The average Bonchev–Trinajstić information content (AvgIpc) is 1.82. The van der Waals surface area contributed by atoms with Gasteiger partial charge in [0.15, 0.2) is 0 Å². The molecule has 2 N–H and O–H groups in total. The molecule has 0 aromatic rings. The highest BCUT2D eigenvalue weighted by Gasteiger charge is 2.21. The van der Waals surface area contributed by atoms with E-state index in [9.17, 15) is 9.36 Å². The van der Waals surface area contributed by atoms with E-state index in [0.717, 1.165) is 0 Å². The van der Waals surface area contributed by atoms with Crippen molar-refractivity contribution in [2.45, 2.75) is 26.4 Å². The van der Waals surface area contributed by atoms with Crippen LogP contribution in [0.2, 0.25) is 0 Å². The highest BCUT2D eigenvalue weighted by molar-refractivity contribution is 7.52. The van der Waals surface area contributed by atoms with Crippen LogP contribution in [0.4, 0.5) is 0 Å². The van der Waals surface area contributed by atoms with Gasteiger partial charge in [-0.1, -0.05) is 6.92 Å². The van der Waals surface area contributed by atoms with Gasteiger partial charge in [0.05, 0.1) is 6.10 Å². The van der Waals surface area contributed by atoms with Gasteiger partial charge in [0.1, 0.15) is 6.16 Å². The molecule has 0 aromatic carbocycles. The maximum atomic E-state index is 10.7. The molecule has 5 nitrogen and oxygen atoms in total. The van der Waals surface area contributed by atoms with Gasteiger partial charge in [0.25, 0.3) is 0 Å². The van der Waals surface area contributed by atoms with Gasteiger partial charge >= 0.3 is 13.6 Å². The maximum absolute atomic E-state index is 10.7. The standard InChI is InChI=1S/C6H13O5P/c1-3-5(2)11-6(7)4-12(8,9)10/h5H,3-4H2,1-2H3,(H2,8,9,10). The van der Waals surface area contributed by atoms with Gasteiger partial charge in [-0.3, -0.25) is 9.36 Å². The number of carbonyl (C=O) groups is 1. The fourth-order valence-corrected chi connectivity index (χ4v) is 0.924. The molecule has 0 radical (unpaired) electrons. The first-order valence-electron chi connectivity index (χ1n) is 3.59. The Morgan fingerprint density at radius 2 is 2.08 bits per heavy atom. The first kappa shape index (κ1) is 11.6. The van der Waals surface area contributed by atoms with Gasteiger partial charge in [0.2, 0.25) is 0 Å². The summed E-state index contributed by atoms with van der Waals surface area (Å²) in [6.45, 7) is 3.48. The monoisotopic (exact) mass is 196 g/mol. The second-order valence-electron chi connectivity index (χ2n) is 2.53. The highest BCUT2D eigenvalue weighted by atomic mass is 31.2. The Morgan fingerprint density at radius 1 is 1.58 bits per heavy atom. The molecule has 0 aliphatic heterocycles. The van der Waals surface area contributed by atoms with Crippen molar-refractivity contribution in [3.05, 3.63) is 0 Å². The summed E-state index contributed by atoms with van der Waals surface area (Å²) in [7, 11) is -4.26. The zero-order valence-electron chi connectivity index (χ0n) is 7.06. The zero-order chi connectivity index (χ0) is 9.78. The fourth-order valence-electron chi connectivity index (χ4n) is 0.513. The van der Waals surface area contributed by atoms with Crippen LogP contribution in [0.15, 0.2) is 0 Å². The third-order valence-electron chi connectivity index (χ3n) is 1.24. The molecule has 0 fully saturated rings. The van der Waals surface area contributed by atoms with Gasteiger partial charge in [-0.25, -0.2) is 0 Å². The lowest BCUT2D eigenvalue weighted by molar-refractivity contribution is -0.145. The van der Waals surface area contributed by atoms with E-state index in [1.54, 1.807) is 6.92 Å². The molecule has 0 spiro atoms. The molecular weight excluding hydrogens is 183 g/mol. The summed E-state index contributed by atoms with van der Waals surface area (Å²) in [6, 6.07) is 0. The normalized spacial score (nSPS) is 14.0. The Morgan fingerprint density at radius 3 is 2.42 bits per heavy atom. The molecular formula is C6H13O5P. The van der Waals surface area contributed by atoms with Crippen molar-refractivity contribution in [1.29, 1.82) is 0 Å². The van der Waals surface area contributed by atoms with Crippen LogP contribution in [0, 0.1) is 0 Å². The van der Waals surface area contributed by atoms with Crippen LogP contribution in [0.25, 0.3) is 0 Å². The summed E-state index contributed by atoms with van der Waals surface area (Å²) >= 11 is 0. The van der Waals surface area contributed by atoms with Crippen molar-refractivity contribution in [3.63, 3.8) is 0 Å². The van der Waals surface area contributed by atoms with Crippen molar-refractivity contribution in [2.24, 2.45) is 0 Å². The Hall–Kier alpha value is -0.380. The van der Waals surface area contributed by atoms with Crippen molar-refractivity contribution < 1.29 is 23.9 Å². The average molecular weight is 196 g/mol. The fraction of sp³-hybridized carbons (Fsp3) is 0.833. The van der Waals surface area contributed by atoms with E-state index in [2.05, 4.69) is 4.74 Å². The highest BCUT2D eigenvalue weighted by Crippen LogP contribution is 2.33. The first-order valence-corrected chi connectivity index (χ1v) is 5.39. The molecule has 0 saturated carbocycles. The Balaban J connectivity index is 3.83. The number of carbonyl (C=O) groups excluding carboxylic acids is 1. The minimum Gasteiger partial charge on any atom is -0.462 e. The second kappa shape index (κ2) is 4.60. The summed E-state index contributed by atoms with van der Waals surface area (Å²) < 4.78 is 14.9. The molecule has 6 heteroatoms. The van der Waals surface area contributed by atoms with Crippen LogP contribution in [-0.2, 0) is 14.1 Å². The molecule has 72 valence electrons. The molecule has 1 unspecified atom stereocenters. The van der Waals surface area contributed by atoms with E-state index in [1.807, 2.05) is 6.92 Å². The van der Waals surface area contributed by atoms with Crippen molar-refractivity contribution in [2.75, 3.05) is 6.16 Å². The van der Waals surface area contributed by atoms with E-state index in [4.69, 9.17) is 9.79 Å². The predicted octanol–water partition coefficient (Wildman–Crippen LogP) is 0.506. The smallest absolute Gasteiger partial charge is 0.336 e. The Bertz CT molecular complexity index is 196. The van der Waals surface area contributed by atoms with E-state index >= 15 is 0 Å². The number of hydrogen-bond donors (Lipinski definition) is 2. The second-order valence-corrected chi connectivity index (χ2v) is 4.18. The Labute approximate surface area is 70.9 Å². The van der Waals surface area contributed by atoms with Crippen molar-refractivity contribution in [3.8, 4) is 0 Å². The van der Waals surface area contributed by atoms with Gasteiger partial charge < -0.3 is 14.5 Å². The number of rotatable bonds is 4. The quantitative estimate of drug-likeness (QED) is 0.505. The molecule has 0 bridgehead atoms. The molecule has 1 atom stereocenters. The summed E-state index contributed by atoms with van der Waals surface area (Å²) in [4.78, 5) is 27.5. The third kappa shape index (κ3) is 6.34. The number of esters is 1. The van der Waals surface area contributed by atoms with Gasteiger partial charge in [-0.2, -0.15) is 0 Å². The first-order chi connectivity index (χ1) is 5.35. The molecule has 0 rings (SSSR count). The van der Waals surface area contributed by atoms with E-state index in [0.29, 0.717) is 6.42 Å². The van der Waals surface area contributed by atoms with Gasteiger partial charge in [-0.05, 0) is 13.3 Å². The minimum atomic E-state index is -4.26. The van der Waals surface area contributed by atoms with E-state index < -0.39 is 19.7 Å². The maximum Gasteiger partial charge on any atom is 0.336 e. The predicted molar refractivity (Wildman–Crippen MR) is 42.8 cm³/mol. The lowest BCUT2D eigenvalue weighted by Crippen LogP contribution is -2.16. The summed E-state index contributed by atoms with van der Waals surface area (Å²) in [5.41, 5.74) is 0. The van der Waals surface area contributed by atoms with Crippen LogP contribution in [0.3, 0.4) is 0 Å². The van der Waals surface area contributed by atoms with Crippen LogP contribution in [0.1, 0.15) is 20.3 Å². The van der Waals surface area contributed by atoms with E-state index in [1.165, 1.54) is 0 Å². The molecule has 0 amide bonds. The molecule has 0 heterocycles. The minimum absolute atomic E-state index is 0.288. The number of hydrogen-bond acceptors (Lipinski definition) is 3. The molecule has 0 aromatic heterocycles. The lowest BCUT2D eigenvalue weighted by atomic mass is 10.3. The lowest BCUT2D eigenvalue weighted by Gasteiger charge is -2.10. The molecule has 0 aliphatic rings. The SMILES string of the molecule is CCC(C)OC(=O)CP(=O)(O)O.